The Morgan fingerprint density at radius 3 is 2.43 bits per heavy atom. The normalized spacial score (nSPS) is 12.4. The number of aliphatic hydroxyl groups is 1. The summed E-state index contributed by atoms with van der Waals surface area (Å²) in [4.78, 5) is 4.38. The van der Waals surface area contributed by atoms with Crippen LogP contribution in [0.2, 0.25) is 0 Å². The second kappa shape index (κ2) is 13.5. The summed E-state index contributed by atoms with van der Waals surface area (Å²) in [5.41, 5.74) is 0.670. The predicted octanol–water partition coefficient (Wildman–Crippen LogP) is 3.61. The van der Waals surface area contributed by atoms with Gasteiger partial charge in [0.25, 0.3) is 0 Å². The maximum atomic E-state index is 12.9. The third-order valence-corrected chi connectivity index (χ3v) is 3.34. The summed E-state index contributed by atoms with van der Waals surface area (Å²) in [6, 6.07) is 5.86. The summed E-state index contributed by atoms with van der Waals surface area (Å²) in [6.07, 6.45) is 4.06. The van der Waals surface area contributed by atoms with Crippen LogP contribution < -0.4 is 10.6 Å². The van der Waals surface area contributed by atoms with Crippen LogP contribution in [-0.4, -0.2) is 30.7 Å². The quantitative estimate of drug-likeness (QED) is 0.240. The molecule has 0 aliphatic heterocycles. The number of nitrogens with one attached hydrogen (secondary N) is 2. The Labute approximate surface area is 156 Å². The first kappa shape index (κ1) is 22.1. The van der Waals surface area contributed by atoms with E-state index in [1.807, 2.05) is 6.92 Å². The molecule has 0 radical (unpaired) electrons. The molecule has 0 spiro atoms. The van der Waals surface area contributed by atoms with Crippen molar-refractivity contribution in [2.45, 2.75) is 45.6 Å². The minimum Gasteiger partial charge on any atom is -0.386 e. The van der Waals surface area contributed by atoms with Gasteiger partial charge in [0.1, 0.15) is 5.82 Å². The number of halogens is 2. The van der Waals surface area contributed by atoms with Crippen molar-refractivity contribution in [3.05, 3.63) is 35.6 Å². The van der Waals surface area contributed by atoms with Crippen LogP contribution in [0.5, 0.6) is 0 Å². The molecule has 0 bridgehead atoms. The molecule has 0 aromatic heterocycles. The van der Waals surface area contributed by atoms with Crippen LogP contribution >= 0.6 is 24.0 Å². The van der Waals surface area contributed by atoms with Gasteiger partial charge in [0.05, 0.1) is 12.6 Å². The minimum atomic E-state index is -0.726. The van der Waals surface area contributed by atoms with E-state index >= 15 is 0 Å². The van der Waals surface area contributed by atoms with E-state index in [4.69, 9.17) is 0 Å². The predicted molar refractivity (Wildman–Crippen MR) is 105 cm³/mol. The van der Waals surface area contributed by atoms with Gasteiger partial charge in [0, 0.05) is 13.1 Å². The summed E-state index contributed by atoms with van der Waals surface area (Å²) in [5, 5.41) is 16.5. The maximum Gasteiger partial charge on any atom is 0.191 e. The maximum absolute atomic E-state index is 12.9. The number of guanidine groups is 1. The first-order valence-electron chi connectivity index (χ1n) is 8.13. The van der Waals surface area contributed by atoms with Gasteiger partial charge in [-0.1, -0.05) is 38.3 Å². The average Bonchev–Trinajstić information content (AvgIpc) is 2.52. The number of nitrogens with zero attached hydrogens (tertiary/aromatic N) is 1. The van der Waals surface area contributed by atoms with E-state index in [1.54, 1.807) is 12.1 Å². The number of aliphatic hydroxyl groups excluding tert-OH is 1. The van der Waals surface area contributed by atoms with E-state index in [-0.39, 0.29) is 36.3 Å². The SMILES string of the molecule is CCCCCCNC(=NCC(O)c1ccc(F)cc1)NCC.I. The van der Waals surface area contributed by atoms with Crippen LogP contribution in [0.15, 0.2) is 29.3 Å². The Balaban J connectivity index is 0.00000484. The number of hydrogen-bond acceptors (Lipinski definition) is 2. The van der Waals surface area contributed by atoms with E-state index in [1.165, 1.54) is 31.4 Å². The number of unbranched alkanes of at least 4 members (excludes halogenated alkanes) is 3. The van der Waals surface area contributed by atoms with Crippen LogP contribution in [0.25, 0.3) is 0 Å². The zero-order valence-electron chi connectivity index (χ0n) is 14.0. The van der Waals surface area contributed by atoms with Gasteiger partial charge in [0.2, 0.25) is 0 Å². The lowest BCUT2D eigenvalue weighted by Gasteiger charge is -2.13. The molecular formula is C17H29FIN3O. The molecule has 1 aromatic rings. The largest absolute Gasteiger partial charge is 0.386 e. The monoisotopic (exact) mass is 437 g/mol. The average molecular weight is 437 g/mol. The molecule has 0 heterocycles. The van der Waals surface area contributed by atoms with Crippen molar-refractivity contribution in [3.63, 3.8) is 0 Å². The van der Waals surface area contributed by atoms with E-state index in [0.29, 0.717) is 11.5 Å². The Morgan fingerprint density at radius 2 is 1.83 bits per heavy atom. The highest BCUT2D eigenvalue weighted by molar-refractivity contribution is 14.0. The Hall–Kier alpha value is -0.890. The zero-order chi connectivity index (χ0) is 16.2. The lowest BCUT2D eigenvalue weighted by molar-refractivity contribution is 0.187. The number of aliphatic imine (C=N–C) groups is 1. The summed E-state index contributed by atoms with van der Waals surface area (Å²) < 4.78 is 12.9. The van der Waals surface area contributed by atoms with Gasteiger partial charge in [0.15, 0.2) is 5.96 Å². The van der Waals surface area contributed by atoms with Crippen molar-refractivity contribution in [1.82, 2.24) is 10.6 Å². The molecule has 0 amide bonds. The molecule has 23 heavy (non-hydrogen) atoms. The molecule has 1 atom stereocenters. The first-order chi connectivity index (χ1) is 10.7. The number of rotatable bonds is 9. The van der Waals surface area contributed by atoms with Crippen molar-refractivity contribution < 1.29 is 9.50 Å². The van der Waals surface area contributed by atoms with Gasteiger partial charge < -0.3 is 15.7 Å². The number of benzene rings is 1. The molecule has 1 aromatic carbocycles. The van der Waals surface area contributed by atoms with Crippen LogP contribution in [-0.2, 0) is 0 Å². The van der Waals surface area contributed by atoms with Gasteiger partial charge in [-0.2, -0.15) is 0 Å². The van der Waals surface area contributed by atoms with Crippen LogP contribution in [0.3, 0.4) is 0 Å². The van der Waals surface area contributed by atoms with Gasteiger partial charge in [-0.05, 0) is 31.0 Å². The van der Waals surface area contributed by atoms with E-state index in [9.17, 15) is 9.50 Å². The van der Waals surface area contributed by atoms with Gasteiger partial charge in [-0.15, -0.1) is 24.0 Å². The fraction of sp³-hybridized carbons (Fsp3) is 0.588. The third-order valence-electron chi connectivity index (χ3n) is 3.34. The fourth-order valence-electron chi connectivity index (χ4n) is 2.07. The van der Waals surface area contributed by atoms with Crippen molar-refractivity contribution in [2.75, 3.05) is 19.6 Å². The molecule has 0 aliphatic carbocycles. The summed E-state index contributed by atoms with van der Waals surface area (Å²) in [7, 11) is 0. The molecular weight excluding hydrogens is 408 g/mol. The molecule has 1 rings (SSSR count). The molecule has 0 aliphatic rings. The summed E-state index contributed by atoms with van der Waals surface area (Å²) in [6.45, 7) is 6.09. The molecule has 6 heteroatoms. The molecule has 132 valence electrons. The van der Waals surface area contributed by atoms with E-state index in [0.717, 1.165) is 19.5 Å². The van der Waals surface area contributed by atoms with Crippen molar-refractivity contribution >= 4 is 29.9 Å². The first-order valence-corrected chi connectivity index (χ1v) is 8.13. The highest BCUT2D eigenvalue weighted by atomic mass is 127. The zero-order valence-corrected chi connectivity index (χ0v) is 16.3. The molecule has 1 unspecified atom stereocenters. The van der Waals surface area contributed by atoms with Crippen molar-refractivity contribution in [1.29, 1.82) is 0 Å². The minimum absolute atomic E-state index is 0. The van der Waals surface area contributed by atoms with Crippen LogP contribution in [0, 0.1) is 5.82 Å². The molecule has 3 N–H and O–H groups in total. The Kier molecular flexibility index (Phi) is 13.0. The topological polar surface area (TPSA) is 56.7 Å². The van der Waals surface area contributed by atoms with Crippen LogP contribution in [0.4, 0.5) is 4.39 Å². The fourth-order valence-corrected chi connectivity index (χ4v) is 2.07. The lowest BCUT2D eigenvalue weighted by Crippen LogP contribution is -2.38. The third kappa shape index (κ3) is 9.76. The Bertz CT molecular complexity index is 440. The highest BCUT2D eigenvalue weighted by Gasteiger charge is 2.07. The van der Waals surface area contributed by atoms with Crippen LogP contribution in [0.1, 0.15) is 51.2 Å². The molecule has 4 nitrogen and oxygen atoms in total. The molecule has 0 saturated carbocycles. The smallest absolute Gasteiger partial charge is 0.191 e. The molecule has 0 saturated heterocycles. The standard InChI is InChI=1S/C17H28FN3O.HI/c1-3-5-6-7-12-20-17(19-4-2)21-13-16(22)14-8-10-15(18)11-9-14;/h8-11,16,22H,3-7,12-13H2,1-2H3,(H2,19,20,21);1H. The highest BCUT2D eigenvalue weighted by Crippen LogP contribution is 2.13. The van der Waals surface area contributed by atoms with Crippen molar-refractivity contribution in [3.8, 4) is 0 Å². The second-order valence-corrected chi connectivity index (χ2v) is 5.27. The molecule has 0 fully saturated rings. The van der Waals surface area contributed by atoms with Crippen molar-refractivity contribution in [2.24, 2.45) is 4.99 Å². The number of hydrogen-bond donors (Lipinski definition) is 3. The lowest BCUT2D eigenvalue weighted by atomic mass is 10.1. The van der Waals surface area contributed by atoms with E-state index in [2.05, 4.69) is 22.5 Å². The second-order valence-electron chi connectivity index (χ2n) is 5.27. The summed E-state index contributed by atoms with van der Waals surface area (Å²) >= 11 is 0. The summed E-state index contributed by atoms with van der Waals surface area (Å²) in [5.74, 6) is 0.404. The van der Waals surface area contributed by atoms with Gasteiger partial charge in [-0.3, -0.25) is 4.99 Å². The Morgan fingerprint density at radius 1 is 1.13 bits per heavy atom. The van der Waals surface area contributed by atoms with Gasteiger partial charge >= 0.3 is 0 Å². The van der Waals surface area contributed by atoms with E-state index < -0.39 is 6.10 Å². The van der Waals surface area contributed by atoms with Gasteiger partial charge in [-0.25, -0.2) is 4.39 Å².